The molecule has 16 heteroatoms. The van der Waals surface area contributed by atoms with E-state index in [2.05, 4.69) is 43.3 Å². The Hall–Kier alpha value is -6.54. The van der Waals surface area contributed by atoms with Crippen molar-refractivity contribution in [2.24, 2.45) is 10.2 Å². The maximum atomic E-state index is 13.7. The highest BCUT2D eigenvalue weighted by Crippen LogP contribution is 2.37. The Morgan fingerprint density at radius 1 is 0.902 bits per heavy atom. The molecule has 51 heavy (non-hydrogen) atoms. The van der Waals surface area contributed by atoms with E-state index in [0.29, 0.717) is 17.2 Å². The number of aromatic amines is 1. The molecule has 256 valence electrons. The Morgan fingerprint density at radius 3 is 2.29 bits per heavy atom. The third kappa shape index (κ3) is 7.86. The fourth-order valence-corrected chi connectivity index (χ4v) is 6.46. The van der Waals surface area contributed by atoms with Gasteiger partial charge in [-0.1, -0.05) is 63.2 Å². The van der Waals surface area contributed by atoms with Crippen molar-refractivity contribution in [1.29, 1.82) is 0 Å². The van der Waals surface area contributed by atoms with Gasteiger partial charge in [-0.3, -0.25) is 9.89 Å². The summed E-state index contributed by atoms with van der Waals surface area (Å²) in [4.78, 5) is 25.4. The number of sulfonamides is 1. The van der Waals surface area contributed by atoms with Crippen LogP contribution < -0.4 is 4.72 Å². The maximum absolute atomic E-state index is 13.7. The number of amides is 1. The van der Waals surface area contributed by atoms with E-state index in [1.807, 2.05) is 67.9 Å². The number of ether oxygens (including phenoxy) is 1. The highest BCUT2D eigenvalue weighted by Gasteiger charge is 2.29. The summed E-state index contributed by atoms with van der Waals surface area (Å²) in [5.41, 5.74) is 0.425. The molecule has 0 fully saturated rings. The largest absolute Gasteiger partial charge is 0.367 e. The molecule has 0 saturated carbocycles. The molecule has 0 aliphatic carbocycles. The number of hydrogen-bond acceptors (Lipinski definition) is 11. The molecular formula is C35H27N7O7S2. The number of hydrogen-bond donors (Lipinski definition) is 2. The van der Waals surface area contributed by atoms with Crippen molar-refractivity contribution in [3.8, 4) is 47.6 Å². The van der Waals surface area contributed by atoms with E-state index >= 15 is 0 Å². The SMILES string of the molecule is C#CC#CC#COC(=O)c1ccccc1S(=O)(=O)NC(=O)c1cc(S(C)(=O)=O)ccc1N=Nc1c(C(C)(C)C)[nH]n2c(-c3ccccc3)nnc12. The highest BCUT2D eigenvalue weighted by atomic mass is 32.2. The fraction of sp³-hybridized carbons (Fsp3) is 0.143. The van der Waals surface area contributed by atoms with Gasteiger partial charge in [0.15, 0.2) is 21.3 Å². The lowest BCUT2D eigenvalue weighted by Gasteiger charge is -2.16. The molecule has 0 atom stereocenters. The molecule has 3 aromatic carbocycles. The number of nitrogens with one attached hydrogen (secondary N) is 2. The van der Waals surface area contributed by atoms with Crippen LogP contribution in [0.1, 0.15) is 47.2 Å². The molecule has 0 radical (unpaired) electrons. The number of benzene rings is 3. The molecule has 14 nitrogen and oxygen atoms in total. The number of fused-ring (bicyclic) bond motifs is 1. The minimum atomic E-state index is -4.78. The topological polar surface area (TPSA) is 194 Å². The molecule has 0 aliphatic heterocycles. The predicted molar refractivity (Wildman–Crippen MR) is 186 cm³/mol. The number of carbonyl (C=O) groups is 2. The van der Waals surface area contributed by atoms with Crippen molar-refractivity contribution >= 4 is 48.8 Å². The predicted octanol–water partition coefficient (Wildman–Crippen LogP) is 4.71. The Kier molecular flexibility index (Phi) is 9.91. The van der Waals surface area contributed by atoms with Crippen LogP contribution in [0.3, 0.4) is 0 Å². The van der Waals surface area contributed by atoms with Gasteiger partial charge in [-0.05, 0) is 42.2 Å². The first-order valence-corrected chi connectivity index (χ1v) is 18.1. The van der Waals surface area contributed by atoms with Gasteiger partial charge in [0, 0.05) is 29.1 Å². The Labute approximate surface area is 293 Å². The first-order chi connectivity index (χ1) is 24.1. The maximum Gasteiger partial charge on any atom is 0.353 e. The minimum Gasteiger partial charge on any atom is -0.367 e. The molecular weight excluding hydrogens is 695 g/mol. The number of azo groups is 1. The lowest BCUT2D eigenvalue weighted by Crippen LogP contribution is -2.32. The van der Waals surface area contributed by atoms with Gasteiger partial charge in [0.05, 0.1) is 27.4 Å². The van der Waals surface area contributed by atoms with Crippen LogP contribution >= 0.6 is 0 Å². The number of H-pyrrole nitrogens is 1. The Bertz CT molecular complexity index is 2620. The zero-order chi connectivity index (χ0) is 37.0. The number of esters is 1. The molecule has 2 aromatic heterocycles. The van der Waals surface area contributed by atoms with Crippen LogP contribution in [-0.4, -0.2) is 54.8 Å². The van der Waals surface area contributed by atoms with Crippen molar-refractivity contribution < 1.29 is 31.2 Å². The average molecular weight is 722 g/mol. The van der Waals surface area contributed by atoms with E-state index in [0.717, 1.165) is 30.0 Å². The first kappa shape index (κ1) is 35.8. The molecule has 5 rings (SSSR count). The zero-order valence-electron chi connectivity index (χ0n) is 27.4. The summed E-state index contributed by atoms with van der Waals surface area (Å²) in [7, 11) is -8.64. The van der Waals surface area contributed by atoms with Gasteiger partial charge in [0.25, 0.3) is 15.9 Å². The molecule has 2 heterocycles. The number of carbonyl (C=O) groups excluding carboxylic acids is 2. The molecule has 0 saturated heterocycles. The summed E-state index contributed by atoms with van der Waals surface area (Å²) in [6, 6.07) is 17.6. The van der Waals surface area contributed by atoms with Gasteiger partial charge in [-0.2, -0.15) is 0 Å². The Balaban J connectivity index is 1.55. The van der Waals surface area contributed by atoms with Gasteiger partial charge in [0.1, 0.15) is 11.0 Å². The third-order valence-corrected chi connectivity index (χ3v) is 9.53. The van der Waals surface area contributed by atoms with Crippen molar-refractivity contribution in [2.45, 2.75) is 36.0 Å². The van der Waals surface area contributed by atoms with Crippen LogP contribution in [0.2, 0.25) is 0 Å². The van der Waals surface area contributed by atoms with E-state index in [4.69, 9.17) is 11.2 Å². The van der Waals surface area contributed by atoms with E-state index in [1.54, 1.807) is 4.52 Å². The van der Waals surface area contributed by atoms with Crippen LogP contribution in [0.5, 0.6) is 0 Å². The van der Waals surface area contributed by atoms with Crippen LogP contribution in [0.15, 0.2) is 92.8 Å². The molecule has 0 unspecified atom stereocenters. The summed E-state index contributed by atoms with van der Waals surface area (Å²) in [6.07, 6.45) is 7.93. The lowest BCUT2D eigenvalue weighted by molar-refractivity contribution is 0.0686. The van der Waals surface area contributed by atoms with Gasteiger partial charge in [-0.15, -0.1) is 26.8 Å². The van der Waals surface area contributed by atoms with Crippen LogP contribution in [-0.2, 0) is 30.0 Å². The summed E-state index contributed by atoms with van der Waals surface area (Å²) in [6.45, 7) is 5.81. The standard InChI is InChI=1S/C35H27N7O7S2/c1-6-7-8-14-21-49-34(44)25-17-12-13-18-28(25)51(47,48)41-33(43)26-22-24(50(5,45)46)19-20-27(26)36-37-29-30(35(2,3)4)40-42-31(38-39-32(29)42)23-15-10-9-11-16-23/h1,9-13,15-20,22,40H,2-5H3,(H,41,43). The lowest BCUT2D eigenvalue weighted by atomic mass is 9.91. The van der Waals surface area contributed by atoms with Crippen molar-refractivity contribution in [3.05, 3.63) is 89.6 Å². The number of aromatic nitrogens is 4. The summed E-state index contributed by atoms with van der Waals surface area (Å²) in [5.74, 6) is 6.73. The number of nitrogens with zero attached hydrogens (tertiary/aromatic N) is 5. The highest BCUT2D eigenvalue weighted by molar-refractivity contribution is 7.90. The van der Waals surface area contributed by atoms with Gasteiger partial charge < -0.3 is 4.74 Å². The quantitative estimate of drug-likeness (QED) is 0.130. The minimum absolute atomic E-state index is 0.173. The summed E-state index contributed by atoms with van der Waals surface area (Å²) >= 11 is 0. The molecule has 0 bridgehead atoms. The number of sulfone groups is 1. The van der Waals surface area contributed by atoms with Crippen molar-refractivity contribution in [3.63, 3.8) is 0 Å². The summed E-state index contributed by atoms with van der Waals surface area (Å²) < 4.78 is 60.2. The molecule has 1 amide bonds. The van der Waals surface area contributed by atoms with E-state index in [-0.39, 0.29) is 16.3 Å². The second-order valence-electron chi connectivity index (χ2n) is 11.7. The van der Waals surface area contributed by atoms with E-state index < -0.39 is 53.2 Å². The van der Waals surface area contributed by atoms with Crippen molar-refractivity contribution in [2.75, 3.05) is 6.26 Å². The second-order valence-corrected chi connectivity index (χ2v) is 15.4. The van der Waals surface area contributed by atoms with Crippen LogP contribution in [0.4, 0.5) is 11.4 Å². The summed E-state index contributed by atoms with van der Waals surface area (Å²) in [5, 5.41) is 20.6. The van der Waals surface area contributed by atoms with E-state index in [9.17, 15) is 26.4 Å². The second kappa shape index (κ2) is 14.1. The first-order valence-electron chi connectivity index (χ1n) is 14.7. The van der Waals surface area contributed by atoms with Crippen molar-refractivity contribution in [1.82, 2.24) is 24.5 Å². The molecule has 0 aliphatic rings. The average Bonchev–Trinajstić information content (AvgIpc) is 3.67. The zero-order valence-corrected chi connectivity index (χ0v) is 29.0. The number of rotatable bonds is 8. The molecule has 5 aromatic rings. The molecule has 2 N–H and O–H groups in total. The van der Waals surface area contributed by atoms with Crippen LogP contribution in [0, 0.1) is 36.2 Å². The number of terminal acetylenes is 1. The molecule has 0 spiro atoms. The fourth-order valence-electron chi connectivity index (χ4n) is 4.65. The third-order valence-electron chi connectivity index (χ3n) is 7.03. The normalized spacial score (nSPS) is 11.6. The van der Waals surface area contributed by atoms with Gasteiger partial charge in [0.2, 0.25) is 5.65 Å². The van der Waals surface area contributed by atoms with E-state index in [1.165, 1.54) is 24.3 Å². The Morgan fingerprint density at radius 2 is 1.61 bits per heavy atom. The van der Waals surface area contributed by atoms with Gasteiger partial charge in [-0.25, -0.2) is 30.9 Å². The smallest absolute Gasteiger partial charge is 0.353 e. The monoisotopic (exact) mass is 721 g/mol. The van der Waals surface area contributed by atoms with Crippen LogP contribution in [0.25, 0.3) is 17.0 Å². The van der Waals surface area contributed by atoms with Gasteiger partial charge >= 0.3 is 5.97 Å².